The van der Waals surface area contributed by atoms with Gasteiger partial charge in [0.1, 0.15) is 11.4 Å². The van der Waals surface area contributed by atoms with Crippen molar-refractivity contribution in [3.8, 4) is 5.75 Å². The molecular weight excluding hydrogens is 420 g/mol. The summed E-state index contributed by atoms with van der Waals surface area (Å²) in [5.41, 5.74) is 1.60. The van der Waals surface area contributed by atoms with E-state index in [1.54, 1.807) is 0 Å². The van der Waals surface area contributed by atoms with E-state index in [9.17, 15) is 5.11 Å². The maximum absolute atomic E-state index is 12.4. The first kappa shape index (κ1) is 22.8. The van der Waals surface area contributed by atoms with Crippen molar-refractivity contribution in [2.45, 2.75) is 49.9 Å². The smallest absolute Gasteiger partial charge is 0.199 e. The SMILES string of the molecule is OC(c1ccccc1)(c1ccc(OC2CCCCO2)cc1)C(CCCCl)c1ccccc1. The predicted molar refractivity (Wildman–Crippen MR) is 129 cm³/mol. The van der Waals surface area contributed by atoms with Gasteiger partial charge >= 0.3 is 0 Å². The monoisotopic (exact) mass is 450 g/mol. The molecule has 3 aromatic rings. The van der Waals surface area contributed by atoms with Gasteiger partial charge in [-0.25, -0.2) is 0 Å². The molecule has 1 N–H and O–H groups in total. The van der Waals surface area contributed by atoms with E-state index in [1.807, 2.05) is 72.8 Å². The number of alkyl halides is 1. The first-order chi connectivity index (χ1) is 15.7. The quantitative estimate of drug-likeness (QED) is 0.372. The average molecular weight is 451 g/mol. The molecule has 1 fully saturated rings. The van der Waals surface area contributed by atoms with Gasteiger partial charge in [-0.15, -0.1) is 11.6 Å². The van der Waals surface area contributed by atoms with Crippen molar-refractivity contribution in [3.63, 3.8) is 0 Å². The van der Waals surface area contributed by atoms with E-state index in [1.165, 1.54) is 0 Å². The first-order valence-electron chi connectivity index (χ1n) is 11.5. The Balaban J connectivity index is 1.71. The third-order valence-corrected chi connectivity index (χ3v) is 6.51. The van der Waals surface area contributed by atoms with Crippen LogP contribution in [0.5, 0.6) is 5.75 Å². The Morgan fingerprint density at radius 2 is 1.56 bits per heavy atom. The summed E-state index contributed by atoms with van der Waals surface area (Å²) in [7, 11) is 0. The molecule has 0 bridgehead atoms. The minimum absolute atomic E-state index is 0.140. The van der Waals surface area contributed by atoms with Gasteiger partial charge in [-0.1, -0.05) is 72.8 Å². The fourth-order valence-corrected chi connectivity index (χ4v) is 4.74. The second-order valence-electron chi connectivity index (χ2n) is 8.37. The topological polar surface area (TPSA) is 38.7 Å². The lowest BCUT2D eigenvalue weighted by atomic mass is 9.71. The van der Waals surface area contributed by atoms with E-state index in [-0.39, 0.29) is 12.2 Å². The maximum Gasteiger partial charge on any atom is 0.199 e. The van der Waals surface area contributed by atoms with E-state index >= 15 is 0 Å². The highest BCUT2D eigenvalue weighted by Gasteiger charge is 2.40. The lowest BCUT2D eigenvalue weighted by molar-refractivity contribution is -0.105. The zero-order valence-corrected chi connectivity index (χ0v) is 19.1. The van der Waals surface area contributed by atoms with E-state index in [2.05, 4.69) is 12.1 Å². The molecule has 3 unspecified atom stereocenters. The van der Waals surface area contributed by atoms with Crippen molar-refractivity contribution in [1.29, 1.82) is 0 Å². The van der Waals surface area contributed by atoms with Crippen molar-refractivity contribution < 1.29 is 14.6 Å². The number of hydrogen-bond acceptors (Lipinski definition) is 3. The molecule has 0 aromatic heterocycles. The Labute approximate surface area is 196 Å². The number of rotatable bonds is 9. The Bertz CT molecular complexity index is 939. The van der Waals surface area contributed by atoms with Crippen molar-refractivity contribution in [3.05, 3.63) is 102 Å². The summed E-state index contributed by atoms with van der Waals surface area (Å²) >= 11 is 6.08. The van der Waals surface area contributed by atoms with Crippen LogP contribution in [-0.4, -0.2) is 23.9 Å². The molecule has 168 valence electrons. The Hall–Kier alpha value is -2.33. The highest BCUT2D eigenvalue weighted by molar-refractivity contribution is 6.17. The van der Waals surface area contributed by atoms with Crippen LogP contribution in [0.25, 0.3) is 0 Å². The summed E-state index contributed by atoms with van der Waals surface area (Å²) in [4.78, 5) is 0. The molecule has 3 nitrogen and oxygen atoms in total. The molecule has 0 radical (unpaired) electrons. The second kappa shape index (κ2) is 11.0. The minimum atomic E-state index is -1.20. The van der Waals surface area contributed by atoms with Crippen molar-refractivity contribution >= 4 is 11.6 Å². The van der Waals surface area contributed by atoms with Gasteiger partial charge < -0.3 is 14.6 Å². The highest BCUT2D eigenvalue weighted by Crippen LogP contribution is 2.45. The predicted octanol–water partition coefficient (Wildman–Crippen LogP) is 6.63. The van der Waals surface area contributed by atoms with Gasteiger partial charge in [-0.3, -0.25) is 0 Å². The average Bonchev–Trinajstić information content (AvgIpc) is 2.86. The number of hydrogen-bond donors (Lipinski definition) is 1. The number of benzene rings is 3. The van der Waals surface area contributed by atoms with Crippen LogP contribution in [0, 0.1) is 0 Å². The van der Waals surface area contributed by atoms with Crippen LogP contribution in [-0.2, 0) is 10.3 Å². The Morgan fingerprint density at radius 1 is 0.906 bits per heavy atom. The molecule has 0 spiro atoms. The molecule has 1 aliphatic rings. The molecular formula is C28H31ClO3. The zero-order chi connectivity index (χ0) is 22.2. The van der Waals surface area contributed by atoms with Gasteiger partial charge in [0.25, 0.3) is 0 Å². The number of halogens is 1. The molecule has 1 aliphatic heterocycles. The molecule has 4 heteroatoms. The molecule has 0 aliphatic carbocycles. The number of aliphatic hydroxyl groups is 1. The molecule has 3 aromatic carbocycles. The first-order valence-corrected chi connectivity index (χ1v) is 12.0. The van der Waals surface area contributed by atoms with Crippen LogP contribution in [0.3, 0.4) is 0 Å². The fraction of sp³-hybridized carbons (Fsp3) is 0.357. The lowest BCUT2D eigenvalue weighted by Gasteiger charge is -2.38. The van der Waals surface area contributed by atoms with E-state index < -0.39 is 5.60 Å². The minimum Gasteiger partial charge on any atom is -0.465 e. The maximum atomic E-state index is 12.4. The van der Waals surface area contributed by atoms with Gasteiger partial charge in [0.2, 0.25) is 0 Å². The van der Waals surface area contributed by atoms with Crippen LogP contribution >= 0.6 is 11.6 Å². The summed E-state index contributed by atoms with van der Waals surface area (Å²) in [5, 5.41) is 12.4. The largest absolute Gasteiger partial charge is 0.465 e. The van der Waals surface area contributed by atoms with Gasteiger partial charge in [-0.2, -0.15) is 0 Å². The molecule has 3 atom stereocenters. The summed E-state index contributed by atoms with van der Waals surface area (Å²) < 4.78 is 11.7. The van der Waals surface area contributed by atoms with E-state index in [0.717, 1.165) is 61.2 Å². The Kier molecular flexibility index (Phi) is 7.85. The Morgan fingerprint density at radius 3 is 2.19 bits per heavy atom. The molecule has 0 amide bonds. The van der Waals surface area contributed by atoms with E-state index in [0.29, 0.717) is 5.88 Å². The van der Waals surface area contributed by atoms with Crippen LogP contribution in [0.4, 0.5) is 0 Å². The summed E-state index contributed by atoms with van der Waals surface area (Å²) in [6.07, 6.45) is 4.51. The summed E-state index contributed by atoms with van der Waals surface area (Å²) in [6.45, 7) is 0.746. The van der Waals surface area contributed by atoms with Crippen molar-refractivity contribution in [2.24, 2.45) is 0 Å². The van der Waals surface area contributed by atoms with Crippen LogP contribution in [0.2, 0.25) is 0 Å². The van der Waals surface area contributed by atoms with Gasteiger partial charge in [-0.05, 0) is 54.5 Å². The van der Waals surface area contributed by atoms with Crippen LogP contribution < -0.4 is 4.74 Å². The molecule has 4 rings (SSSR count). The second-order valence-corrected chi connectivity index (χ2v) is 8.74. The summed E-state index contributed by atoms with van der Waals surface area (Å²) in [5.74, 6) is 1.17. The molecule has 1 heterocycles. The van der Waals surface area contributed by atoms with Gasteiger partial charge in [0.05, 0.1) is 6.61 Å². The fourth-order valence-electron chi connectivity index (χ4n) is 4.59. The lowest BCUT2D eigenvalue weighted by Crippen LogP contribution is -2.35. The third-order valence-electron chi connectivity index (χ3n) is 6.25. The highest BCUT2D eigenvalue weighted by atomic mass is 35.5. The molecule has 32 heavy (non-hydrogen) atoms. The number of ether oxygens (including phenoxy) is 2. The normalized spacial score (nSPS) is 19.1. The van der Waals surface area contributed by atoms with Crippen molar-refractivity contribution in [2.75, 3.05) is 12.5 Å². The molecule has 0 saturated carbocycles. The third kappa shape index (κ3) is 5.17. The zero-order valence-electron chi connectivity index (χ0n) is 18.3. The standard InChI is InChI=1S/C28H31ClO3/c29-20-9-14-26(22-10-3-1-4-11-22)28(30,23-12-5-2-6-13-23)24-16-18-25(19-17-24)32-27-15-7-8-21-31-27/h1-6,10-13,16-19,26-27,30H,7-9,14-15,20-21H2. The summed E-state index contributed by atoms with van der Waals surface area (Å²) in [6, 6.07) is 28.0. The van der Waals surface area contributed by atoms with Crippen molar-refractivity contribution in [1.82, 2.24) is 0 Å². The van der Waals surface area contributed by atoms with Gasteiger partial charge in [0, 0.05) is 18.2 Å². The van der Waals surface area contributed by atoms with Crippen LogP contribution in [0.1, 0.15) is 54.7 Å². The van der Waals surface area contributed by atoms with Crippen LogP contribution in [0.15, 0.2) is 84.9 Å². The van der Waals surface area contributed by atoms with E-state index in [4.69, 9.17) is 21.1 Å². The molecule has 1 saturated heterocycles. The van der Waals surface area contributed by atoms with Gasteiger partial charge in [0.15, 0.2) is 6.29 Å².